The van der Waals surface area contributed by atoms with E-state index in [0.717, 1.165) is 6.07 Å². The van der Waals surface area contributed by atoms with Crippen LogP contribution in [0.2, 0.25) is 0 Å². The Morgan fingerprint density at radius 1 is 1.42 bits per heavy atom. The third-order valence-corrected chi connectivity index (χ3v) is 1.74. The predicted octanol–water partition coefficient (Wildman–Crippen LogP) is 2.39. The molecule has 0 aliphatic carbocycles. The van der Waals surface area contributed by atoms with Crippen molar-refractivity contribution in [1.29, 1.82) is 0 Å². The van der Waals surface area contributed by atoms with Crippen molar-refractivity contribution in [3.8, 4) is 0 Å². The van der Waals surface area contributed by atoms with Crippen LogP contribution in [-0.4, -0.2) is 10.2 Å². The number of halogens is 4. The van der Waals surface area contributed by atoms with E-state index in [4.69, 9.17) is 0 Å². The van der Waals surface area contributed by atoms with Gasteiger partial charge in [0.15, 0.2) is 0 Å². The molecule has 1 rings (SSSR count). The van der Waals surface area contributed by atoms with E-state index in [0.29, 0.717) is 6.20 Å². The molecular weight excluding hydrogens is 237 g/mol. The zero-order valence-corrected chi connectivity index (χ0v) is 7.35. The highest BCUT2D eigenvalue weighted by molar-refractivity contribution is 9.08. The Morgan fingerprint density at radius 3 is 2.58 bits per heavy atom. The van der Waals surface area contributed by atoms with Gasteiger partial charge >= 0.3 is 6.18 Å². The predicted molar refractivity (Wildman–Crippen MR) is 39.7 cm³/mol. The molecule has 2 nitrogen and oxygen atoms in total. The van der Waals surface area contributed by atoms with E-state index in [2.05, 4.69) is 26.1 Å². The van der Waals surface area contributed by atoms with Crippen LogP contribution in [-0.2, 0) is 11.5 Å². The summed E-state index contributed by atoms with van der Waals surface area (Å²) in [4.78, 5) is 0. The summed E-state index contributed by atoms with van der Waals surface area (Å²) in [5.41, 5.74) is -0.503. The highest BCUT2D eigenvalue weighted by atomic mass is 79.9. The lowest BCUT2D eigenvalue weighted by Gasteiger charge is -2.05. The number of hydrogen-bond acceptors (Lipinski definition) is 2. The van der Waals surface area contributed by atoms with E-state index >= 15 is 0 Å². The quantitative estimate of drug-likeness (QED) is 0.705. The third kappa shape index (κ3) is 2.17. The van der Waals surface area contributed by atoms with Gasteiger partial charge in [0.1, 0.15) is 0 Å². The Kier molecular flexibility index (Phi) is 2.66. The summed E-state index contributed by atoms with van der Waals surface area (Å²) in [6.07, 6.45) is -3.64. The summed E-state index contributed by atoms with van der Waals surface area (Å²) in [5.74, 6) is 0. The van der Waals surface area contributed by atoms with Crippen LogP contribution < -0.4 is 0 Å². The Bertz CT molecular complexity index is 274. The second kappa shape index (κ2) is 3.38. The summed E-state index contributed by atoms with van der Waals surface area (Å²) in [7, 11) is 0. The van der Waals surface area contributed by atoms with Crippen molar-refractivity contribution in [1.82, 2.24) is 10.2 Å². The molecule has 66 valence electrons. The van der Waals surface area contributed by atoms with Crippen LogP contribution in [0.25, 0.3) is 0 Å². The first-order valence-electron chi connectivity index (χ1n) is 2.99. The van der Waals surface area contributed by atoms with Crippen LogP contribution in [0, 0.1) is 0 Å². The van der Waals surface area contributed by atoms with Crippen LogP contribution in [0.4, 0.5) is 13.2 Å². The fourth-order valence-corrected chi connectivity index (χ4v) is 0.905. The van der Waals surface area contributed by atoms with Gasteiger partial charge in [0, 0.05) is 5.33 Å². The fraction of sp³-hybridized carbons (Fsp3) is 0.333. The average molecular weight is 241 g/mol. The molecule has 0 unspecified atom stereocenters. The van der Waals surface area contributed by atoms with Crippen molar-refractivity contribution in [3.05, 3.63) is 23.5 Å². The van der Waals surface area contributed by atoms with Gasteiger partial charge in [0.25, 0.3) is 0 Å². The zero-order chi connectivity index (χ0) is 9.19. The second-order valence-electron chi connectivity index (χ2n) is 2.07. The molecule has 0 saturated carbocycles. The molecule has 12 heavy (non-hydrogen) atoms. The van der Waals surface area contributed by atoms with E-state index in [9.17, 15) is 13.2 Å². The zero-order valence-electron chi connectivity index (χ0n) is 5.77. The van der Waals surface area contributed by atoms with Gasteiger partial charge < -0.3 is 0 Å². The van der Waals surface area contributed by atoms with E-state index in [1.54, 1.807) is 0 Å². The van der Waals surface area contributed by atoms with Gasteiger partial charge in [-0.3, -0.25) is 0 Å². The van der Waals surface area contributed by atoms with Gasteiger partial charge in [-0.05, 0) is 6.07 Å². The molecule has 0 saturated heterocycles. The minimum Gasteiger partial charge on any atom is -0.166 e. The second-order valence-corrected chi connectivity index (χ2v) is 2.63. The lowest BCUT2D eigenvalue weighted by atomic mass is 10.3. The van der Waals surface area contributed by atoms with Crippen LogP contribution in [0.15, 0.2) is 12.3 Å². The first-order valence-corrected chi connectivity index (χ1v) is 4.11. The summed E-state index contributed by atoms with van der Waals surface area (Å²) in [5, 5.41) is 6.96. The summed E-state index contributed by atoms with van der Waals surface area (Å²) in [6.45, 7) is 0. The van der Waals surface area contributed by atoms with E-state index in [1.165, 1.54) is 0 Å². The first-order chi connectivity index (χ1) is 5.54. The molecule has 0 bridgehead atoms. The normalized spacial score (nSPS) is 11.7. The Labute approximate surface area is 74.9 Å². The topological polar surface area (TPSA) is 25.8 Å². The van der Waals surface area contributed by atoms with E-state index in [1.807, 2.05) is 0 Å². The van der Waals surface area contributed by atoms with Crippen molar-refractivity contribution in [2.75, 3.05) is 0 Å². The van der Waals surface area contributed by atoms with Crippen LogP contribution in [0.3, 0.4) is 0 Å². The largest absolute Gasteiger partial charge is 0.418 e. The Morgan fingerprint density at radius 2 is 2.08 bits per heavy atom. The van der Waals surface area contributed by atoms with Gasteiger partial charge in [0.05, 0.1) is 17.5 Å². The molecule has 1 aromatic rings. The van der Waals surface area contributed by atoms with E-state index in [-0.39, 0.29) is 11.0 Å². The van der Waals surface area contributed by atoms with Crippen LogP contribution in [0.1, 0.15) is 11.3 Å². The summed E-state index contributed by atoms with van der Waals surface area (Å²) < 4.78 is 36.1. The number of hydrogen-bond donors (Lipinski definition) is 0. The highest BCUT2D eigenvalue weighted by Gasteiger charge is 2.31. The molecule has 0 aliphatic rings. The summed E-state index contributed by atoms with van der Waals surface area (Å²) >= 11 is 2.99. The molecule has 1 heterocycles. The molecule has 0 amide bonds. The van der Waals surface area contributed by atoms with Crippen LogP contribution in [0.5, 0.6) is 0 Å². The van der Waals surface area contributed by atoms with Crippen molar-refractivity contribution in [2.45, 2.75) is 11.5 Å². The third-order valence-electron chi connectivity index (χ3n) is 1.17. The minimum atomic E-state index is -4.34. The van der Waals surface area contributed by atoms with Crippen molar-refractivity contribution in [2.24, 2.45) is 0 Å². The molecule has 1 aromatic heterocycles. The van der Waals surface area contributed by atoms with Crippen molar-refractivity contribution >= 4 is 15.9 Å². The van der Waals surface area contributed by atoms with Gasteiger partial charge in [0.2, 0.25) is 0 Å². The number of alkyl halides is 4. The van der Waals surface area contributed by atoms with E-state index < -0.39 is 11.7 Å². The summed E-state index contributed by atoms with van der Waals surface area (Å²) in [6, 6.07) is 0.960. The molecule has 6 heteroatoms. The molecule has 0 atom stereocenters. The smallest absolute Gasteiger partial charge is 0.166 e. The standard InChI is InChI=1S/C6H4BrF3N2/c7-2-5-1-4(3-11-12-5)6(8,9)10/h1,3H,2H2. The highest BCUT2D eigenvalue weighted by Crippen LogP contribution is 2.28. The molecule has 0 radical (unpaired) electrons. The number of nitrogens with zero attached hydrogens (tertiary/aromatic N) is 2. The molecule has 0 aromatic carbocycles. The molecule has 0 aliphatic heterocycles. The Balaban J connectivity index is 3.02. The van der Waals surface area contributed by atoms with Gasteiger partial charge in [-0.2, -0.15) is 23.4 Å². The van der Waals surface area contributed by atoms with Gasteiger partial charge in [-0.15, -0.1) is 0 Å². The maximum absolute atomic E-state index is 12.0. The average Bonchev–Trinajstić information content (AvgIpc) is 2.03. The van der Waals surface area contributed by atoms with Gasteiger partial charge in [-0.1, -0.05) is 15.9 Å². The molecule has 0 spiro atoms. The lowest BCUT2D eigenvalue weighted by Crippen LogP contribution is -2.07. The lowest BCUT2D eigenvalue weighted by molar-refractivity contribution is -0.138. The van der Waals surface area contributed by atoms with Crippen LogP contribution >= 0.6 is 15.9 Å². The maximum Gasteiger partial charge on any atom is 0.418 e. The molecule has 0 N–H and O–H groups in total. The number of rotatable bonds is 1. The monoisotopic (exact) mass is 240 g/mol. The molecule has 0 fully saturated rings. The van der Waals surface area contributed by atoms with Gasteiger partial charge in [-0.25, -0.2) is 0 Å². The minimum absolute atomic E-state index is 0.268. The van der Waals surface area contributed by atoms with Crippen molar-refractivity contribution in [3.63, 3.8) is 0 Å². The SMILES string of the molecule is FC(F)(F)c1cnnc(CBr)c1. The maximum atomic E-state index is 12.0. The Hall–Kier alpha value is -0.650. The fourth-order valence-electron chi connectivity index (χ4n) is 0.631. The van der Waals surface area contributed by atoms with Crippen molar-refractivity contribution < 1.29 is 13.2 Å². The molecular formula is C6H4BrF3N2. The number of aromatic nitrogens is 2. The first kappa shape index (κ1) is 9.44.